The molecule has 26 heavy (non-hydrogen) atoms. The van der Waals surface area contributed by atoms with Crippen molar-refractivity contribution in [2.45, 2.75) is 6.42 Å². The van der Waals surface area contributed by atoms with Crippen molar-refractivity contribution < 1.29 is 13.9 Å². The Balaban J connectivity index is 1.47. The zero-order chi connectivity index (χ0) is 17.9. The Morgan fingerprint density at radius 2 is 2.27 bits per heavy atom. The molecule has 0 fully saturated rings. The second-order valence-corrected chi connectivity index (χ2v) is 6.49. The van der Waals surface area contributed by atoms with E-state index in [1.807, 2.05) is 29.6 Å². The number of thiazole rings is 1. The molecule has 1 N–H and O–H groups in total. The molecule has 1 aromatic carbocycles. The SMILES string of the molecule is COc1ccc2c(CC(=O)Nc3nc(-c4cccnc4)cs3)coc2c1. The average molecular weight is 365 g/mol. The second-order valence-electron chi connectivity index (χ2n) is 5.63. The third-order valence-electron chi connectivity index (χ3n) is 3.92. The zero-order valence-corrected chi connectivity index (χ0v) is 14.7. The van der Waals surface area contributed by atoms with Crippen molar-refractivity contribution in [3.8, 4) is 17.0 Å². The normalized spacial score (nSPS) is 10.8. The highest BCUT2D eigenvalue weighted by atomic mass is 32.1. The topological polar surface area (TPSA) is 77.2 Å². The molecule has 0 spiro atoms. The maximum atomic E-state index is 12.4. The van der Waals surface area contributed by atoms with Gasteiger partial charge in [0.05, 0.1) is 25.5 Å². The molecule has 4 rings (SSSR count). The van der Waals surface area contributed by atoms with Gasteiger partial charge >= 0.3 is 0 Å². The molecule has 7 heteroatoms. The minimum absolute atomic E-state index is 0.143. The van der Waals surface area contributed by atoms with Gasteiger partial charge in [0.2, 0.25) is 5.91 Å². The molecule has 130 valence electrons. The number of aromatic nitrogens is 2. The van der Waals surface area contributed by atoms with Gasteiger partial charge in [-0.1, -0.05) is 0 Å². The molecular weight excluding hydrogens is 350 g/mol. The summed E-state index contributed by atoms with van der Waals surface area (Å²) < 4.78 is 10.7. The van der Waals surface area contributed by atoms with Crippen LogP contribution in [-0.4, -0.2) is 23.0 Å². The van der Waals surface area contributed by atoms with E-state index in [0.717, 1.165) is 22.2 Å². The van der Waals surface area contributed by atoms with E-state index in [9.17, 15) is 4.79 Å². The van der Waals surface area contributed by atoms with Gasteiger partial charge in [0.15, 0.2) is 5.13 Å². The fourth-order valence-corrected chi connectivity index (χ4v) is 3.38. The molecule has 4 aromatic rings. The highest BCUT2D eigenvalue weighted by Crippen LogP contribution is 2.27. The van der Waals surface area contributed by atoms with Gasteiger partial charge in [0.25, 0.3) is 0 Å². The number of hydrogen-bond donors (Lipinski definition) is 1. The first-order valence-electron chi connectivity index (χ1n) is 7.93. The number of furan rings is 1. The monoisotopic (exact) mass is 365 g/mol. The molecular formula is C19H15N3O3S. The van der Waals surface area contributed by atoms with Crippen LogP contribution in [0.15, 0.2) is 58.8 Å². The molecule has 6 nitrogen and oxygen atoms in total. The van der Waals surface area contributed by atoms with E-state index >= 15 is 0 Å². The average Bonchev–Trinajstić information content (AvgIpc) is 3.29. The van der Waals surface area contributed by atoms with Crippen LogP contribution in [-0.2, 0) is 11.2 Å². The fraction of sp³-hybridized carbons (Fsp3) is 0.105. The number of amides is 1. The third-order valence-corrected chi connectivity index (χ3v) is 4.68. The van der Waals surface area contributed by atoms with E-state index in [1.165, 1.54) is 11.3 Å². The minimum Gasteiger partial charge on any atom is -0.497 e. The Hall–Kier alpha value is -3.19. The molecule has 0 radical (unpaired) electrons. The molecule has 3 heterocycles. The molecule has 0 aliphatic heterocycles. The van der Waals surface area contributed by atoms with Crippen LogP contribution in [0, 0.1) is 0 Å². The Bertz CT molecular complexity index is 1060. The third kappa shape index (κ3) is 3.29. The Morgan fingerprint density at radius 3 is 3.08 bits per heavy atom. The molecule has 0 saturated heterocycles. The van der Waals surface area contributed by atoms with Gasteiger partial charge in [-0.3, -0.25) is 9.78 Å². The van der Waals surface area contributed by atoms with Crippen molar-refractivity contribution in [3.05, 3.63) is 59.9 Å². The maximum Gasteiger partial charge on any atom is 0.230 e. The molecule has 0 aliphatic carbocycles. The summed E-state index contributed by atoms with van der Waals surface area (Å²) in [5.74, 6) is 0.573. The molecule has 0 unspecified atom stereocenters. The number of ether oxygens (including phenoxy) is 1. The summed E-state index contributed by atoms with van der Waals surface area (Å²) in [5.41, 5.74) is 3.22. The summed E-state index contributed by atoms with van der Waals surface area (Å²) >= 11 is 1.38. The van der Waals surface area contributed by atoms with Gasteiger partial charge in [-0.05, 0) is 24.3 Å². The van der Waals surface area contributed by atoms with E-state index in [1.54, 1.807) is 31.8 Å². The van der Waals surface area contributed by atoms with Crippen molar-refractivity contribution in [1.29, 1.82) is 0 Å². The zero-order valence-electron chi connectivity index (χ0n) is 13.9. The Morgan fingerprint density at radius 1 is 1.35 bits per heavy atom. The highest BCUT2D eigenvalue weighted by molar-refractivity contribution is 7.14. The molecule has 0 atom stereocenters. The van der Waals surface area contributed by atoms with Crippen molar-refractivity contribution in [3.63, 3.8) is 0 Å². The number of carbonyl (C=O) groups excluding carboxylic acids is 1. The van der Waals surface area contributed by atoms with E-state index in [-0.39, 0.29) is 12.3 Å². The lowest BCUT2D eigenvalue weighted by Crippen LogP contribution is -2.13. The summed E-state index contributed by atoms with van der Waals surface area (Å²) in [7, 11) is 1.60. The smallest absolute Gasteiger partial charge is 0.230 e. The lowest BCUT2D eigenvalue weighted by Gasteiger charge is -2.01. The summed E-state index contributed by atoms with van der Waals surface area (Å²) in [6.45, 7) is 0. The second kappa shape index (κ2) is 6.97. The van der Waals surface area contributed by atoms with Gasteiger partial charge in [0.1, 0.15) is 11.3 Å². The number of anilines is 1. The van der Waals surface area contributed by atoms with Crippen molar-refractivity contribution in [2.24, 2.45) is 0 Å². The van der Waals surface area contributed by atoms with Gasteiger partial charge in [0, 0.05) is 40.4 Å². The predicted molar refractivity (Wildman–Crippen MR) is 100 cm³/mol. The number of carbonyl (C=O) groups is 1. The van der Waals surface area contributed by atoms with Crippen LogP contribution in [0.1, 0.15) is 5.56 Å². The van der Waals surface area contributed by atoms with E-state index in [2.05, 4.69) is 15.3 Å². The molecule has 0 bridgehead atoms. The minimum atomic E-state index is -0.143. The quantitative estimate of drug-likeness (QED) is 0.575. The number of fused-ring (bicyclic) bond motifs is 1. The van der Waals surface area contributed by atoms with Gasteiger partial charge < -0.3 is 14.5 Å². The molecule has 0 saturated carbocycles. The van der Waals surface area contributed by atoms with Crippen molar-refractivity contribution in [1.82, 2.24) is 9.97 Å². The van der Waals surface area contributed by atoms with Crippen LogP contribution in [0.5, 0.6) is 5.75 Å². The first-order valence-corrected chi connectivity index (χ1v) is 8.81. The van der Waals surface area contributed by atoms with Gasteiger partial charge in [-0.15, -0.1) is 11.3 Å². The number of hydrogen-bond acceptors (Lipinski definition) is 6. The van der Waals surface area contributed by atoms with Crippen LogP contribution in [0.3, 0.4) is 0 Å². The number of nitrogens with one attached hydrogen (secondary N) is 1. The number of rotatable bonds is 5. The van der Waals surface area contributed by atoms with Crippen molar-refractivity contribution in [2.75, 3.05) is 12.4 Å². The van der Waals surface area contributed by atoms with E-state index < -0.39 is 0 Å². The number of pyridine rings is 1. The van der Waals surface area contributed by atoms with Crippen molar-refractivity contribution >= 4 is 33.3 Å². The number of methoxy groups -OCH3 is 1. The molecule has 3 aromatic heterocycles. The Labute approximate surface area is 153 Å². The van der Waals surface area contributed by atoms with Gasteiger partial charge in [-0.25, -0.2) is 4.98 Å². The molecule has 1 amide bonds. The molecule has 0 aliphatic rings. The Kier molecular flexibility index (Phi) is 4.37. The fourth-order valence-electron chi connectivity index (χ4n) is 2.64. The van der Waals surface area contributed by atoms with Crippen LogP contribution < -0.4 is 10.1 Å². The van der Waals surface area contributed by atoms with Gasteiger partial charge in [-0.2, -0.15) is 0 Å². The lowest BCUT2D eigenvalue weighted by atomic mass is 10.1. The van der Waals surface area contributed by atoms with E-state index in [0.29, 0.717) is 16.5 Å². The van der Waals surface area contributed by atoms with E-state index in [4.69, 9.17) is 9.15 Å². The summed E-state index contributed by atoms with van der Waals surface area (Å²) in [6.07, 6.45) is 5.27. The largest absolute Gasteiger partial charge is 0.497 e. The van der Waals surface area contributed by atoms with Crippen LogP contribution >= 0.6 is 11.3 Å². The summed E-state index contributed by atoms with van der Waals surface area (Å²) in [4.78, 5) is 20.9. The standard InChI is InChI=1S/C19H15N3O3S/c1-24-14-4-5-15-13(10-25-17(15)8-14)7-18(23)22-19-21-16(11-26-19)12-3-2-6-20-9-12/h2-6,8-11H,7H2,1H3,(H,21,22,23). The first kappa shape index (κ1) is 16.3. The predicted octanol–water partition coefficient (Wildman–Crippen LogP) is 4.14. The van der Waals surface area contributed by atoms with Crippen LogP contribution in [0.25, 0.3) is 22.2 Å². The maximum absolute atomic E-state index is 12.4. The van der Waals surface area contributed by atoms with Crippen LogP contribution in [0.2, 0.25) is 0 Å². The summed E-state index contributed by atoms with van der Waals surface area (Å²) in [6, 6.07) is 9.33. The number of benzene rings is 1. The van der Waals surface area contributed by atoms with Crippen LogP contribution in [0.4, 0.5) is 5.13 Å². The number of nitrogens with zero attached hydrogens (tertiary/aromatic N) is 2. The lowest BCUT2D eigenvalue weighted by molar-refractivity contribution is -0.115. The first-order chi connectivity index (χ1) is 12.7. The summed E-state index contributed by atoms with van der Waals surface area (Å²) in [5, 5.41) is 6.19. The highest BCUT2D eigenvalue weighted by Gasteiger charge is 2.13.